The van der Waals surface area contributed by atoms with Crippen molar-refractivity contribution in [3.8, 4) is 0 Å². The zero-order valence-corrected chi connectivity index (χ0v) is 9.72. The Labute approximate surface area is 92.9 Å². The van der Waals surface area contributed by atoms with Gasteiger partial charge in [-0.3, -0.25) is 9.69 Å². The molecule has 0 aromatic carbocycles. The topological polar surface area (TPSA) is 113 Å². The number of carbonyl (C=O) groups excluding carboxylic acids is 1. The molecule has 3 N–H and O–H groups in total. The fourth-order valence-corrected chi connectivity index (χ4v) is 1.47. The molecule has 7 nitrogen and oxygen atoms in total. The van der Waals surface area contributed by atoms with Crippen molar-refractivity contribution < 1.29 is 33.5 Å². The molecule has 16 heavy (non-hydrogen) atoms. The number of hydrogen-bond acceptors (Lipinski definition) is 6. The first-order valence-corrected chi connectivity index (χ1v) is 5.90. The van der Waals surface area contributed by atoms with Gasteiger partial charge in [0.25, 0.3) is 0 Å². The first kappa shape index (κ1) is 15.1. The Hall–Kier alpha value is -0.880. The van der Waals surface area contributed by atoms with Gasteiger partial charge in [0.2, 0.25) is 0 Å². The first-order chi connectivity index (χ1) is 7.22. The molecular formula is C8H15O7P. The van der Waals surface area contributed by atoms with Crippen LogP contribution in [0.1, 0.15) is 19.8 Å². The van der Waals surface area contributed by atoms with E-state index in [0.717, 1.165) is 0 Å². The summed E-state index contributed by atoms with van der Waals surface area (Å²) in [6, 6.07) is 0. The molecule has 2 atom stereocenters. The summed E-state index contributed by atoms with van der Waals surface area (Å²) < 4.78 is 19.1. The van der Waals surface area contributed by atoms with E-state index in [-0.39, 0.29) is 13.0 Å². The Bertz CT molecular complexity index is 299. The number of aliphatic hydroxyl groups excluding tert-OH is 1. The van der Waals surface area contributed by atoms with Gasteiger partial charge in [-0.05, 0) is 13.3 Å². The molecule has 0 aliphatic rings. The maximum absolute atomic E-state index is 11.1. The van der Waals surface area contributed by atoms with Crippen LogP contribution in [0.25, 0.3) is 0 Å². The number of aliphatic hydroxyl groups is 2. The summed E-state index contributed by atoms with van der Waals surface area (Å²) in [6.07, 6.45) is 0.0820. The highest BCUT2D eigenvalue weighted by atomic mass is 31.2. The lowest BCUT2D eigenvalue weighted by molar-refractivity contribution is -0.141. The summed E-state index contributed by atoms with van der Waals surface area (Å²) in [5.41, 5.74) is -1.50. The molecule has 0 rings (SSSR count). The second-order valence-corrected chi connectivity index (χ2v) is 4.68. The third-order valence-corrected chi connectivity index (χ3v) is 2.45. The minimum Gasteiger partial charge on any atom is -0.404 e. The number of hydrogen-bond donors (Lipinski definition) is 3. The zero-order chi connectivity index (χ0) is 12.8. The summed E-state index contributed by atoms with van der Waals surface area (Å²) in [5.74, 6) is -1.11. The fourth-order valence-electron chi connectivity index (χ4n) is 0.917. The summed E-state index contributed by atoms with van der Waals surface area (Å²) in [4.78, 5) is 20.0. The summed E-state index contributed by atoms with van der Waals surface area (Å²) >= 11 is 0. The monoisotopic (exact) mass is 254 g/mol. The van der Waals surface area contributed by atoms with E-state index in [9.17, 15) is 14.5 Å². The third kappa shape index (κ3) is 6.58. The van der Waals surface area contributed by atoms with Gasteiger partial charge in [-0.15, -0.1) is 0 Å². The maximum atomic E-state index is 11.1. The molecule has 0 fully saturated rings. The van der Waals surface area contributed by atoms with Gasteiger partial charge in [-0.1, -0.05) is 6.58 Å². The van der Waals surface area contributed by atoms with Crippen molar-refractivity contribution >= 4 is 13.8 Å². The molecule has 0 saturated carbocycles. The third-order valence-electron chi connectivity index (χ3n) is 1.60. The molecule has 0 saturated heterocycles. The van der Waals surface area contributed by atoms with Crippen molar-refractivity contribution in [2.45, 2.75) is 25.4 Å². The van der Waals surface area contributed by atoms with Gasteiger partial charge >= 0.3 is 13.8 Å². The smallest absolute Gasteiger partial charge is 0.404 e. The molecule has 94 valence electrons. The van der Waals surface area contributed by atoms with Crippen LogP contribution in [0.15, 0.2) is 12.8 Å². The predicted molar refractivity (Wildman–Crippen MR) is 54.1 cm³/mol. The van der Waals surface area contributed by atoms with Crippen LogP contribution in [0.5, 0.6) is 0 Å². The van der Waals surface area contributed by atoms with Gasteiger partial charge in [0, 0.05) is 6.61 Å². The lowest BCUT2D eigenvalue weighted by atomic mass is 9.99. The fraction of sp³-hybridized carbons (Fsp3) is 0.625. The van der Waals surface area contributed by atoms with Crippen LogP contribution >= 0.6 is 7.82 Å². The van der Waals surface area contributed by atoms with Gasteiger partial charge < -0.3 is 19.3 Å². The second kappa shape index (κ2) is 6.00. The van der Waals surface area contributed by atoms with Gasteiger partial charge in [-0.25, -0.2) is 4.57 Å². The van der Waals surface area contributed by atoms with E-state index < -0.39 is 25.8 Å². The molecule has 0 bridgehead atoms. The molecule has 1 unspecified atom stereocenters. The van der Waals surface area contributed by atoms with Crippen molar-refractivity contribution in [2.75, 3.05) is 6.61 Å². The van der Waals surface area contributed by atoms with E-state index >= 15 is 0 Å². The SMILES string of the molecule is C=COP(=O)(O)OC(=O)C[C@](C)(O)CCO. The lowest BCUT2D eigenvalue weighted by Gasteiger charge is -2.21. The molecule has 0 aliphatic heterocycles. The van der Waals surface area contributed by atoms with Crippen LogP contribution < -0.4 is 0 Å². The highest BCUT2D eigenvalue weighted by molar-refractivity contribution is 7.48. The number of carbonyl (C=O) groups is 1. The Morgan fingerprint density at radius 3 is 2.62 bits per heavy atom. The Morgan fingerprint density at radius 1 is 1.62 bits per heavy atom. The second-order valence-electron chi connectivity index (χ2n) is 3.35. The van der Waals surface area contributed by atoms with Crippen molar-refractivity contribution in [1.29, 1.82) is 0 Å². The van der Waals surface area contributed by atoms with Gasteiger partial charge in [0.05, 0.1) is 18.3 Å². The van der Waals surface area contributed by atoms with Crippen molar-refractivity contribution in [3.05, 3.63) is 12.8 Å². The zero-order valence-electron chi connectivity index (χ0n) is 8.83. The van der Waals surface area contributed by atoms with E-state index in [1.807, 2.05) is 0 Å². The van der Waals surface area contributed by atoms with Gasteiger partial charge in [0.1, 0.15) is 0 Å². The van der Waals surface area contributed by atoms with E-state index in [1.54, 1.807) is 0 Å². The van der Waals surface area contributed by atoms with E-state index in [2.05, 4.69) is 15.6 Å². The Morgan fingerprint density at radius 2 is 2.19 bits per heavy atom. The summed E-state index contributed by atoms with van der Waals surface area (Å²) in [6.45, 7) is 4.00. The first-order valence-electron chi connectivity index (χ1n) is 4.40. The number of rotatable bonds is 7. The standard InChI is InChI=1S/C8H15O7P/c1-3-14-16(12,13)15-7(10)6-8(2,11)4-5-9/h3,9,11H,1,4-6H2,2H3,(H,12,13)/t8-/m1/s1. The van der Waals surface area contributed by atoms with Crippen LogP contribution in [0.2, 0.25) is 0 Å². The lowest BCUT2D eigenvalue weighted by Crippen LogP contribution is -2.29. The molecule has 0 aromatic rings. The predicted octanol–water partition coefficient (Wildman–Crippen LogP) is 0.314. The van der Waals surface area contributed by atoms with Crippen LogP contribution in [0.4, 0.5) is 0 Å². The van der Waals surface area contributed by atoms with Gasteiger partial charge in [0.15, 0.2) is 0 Å². The van der Waals surface area contributed by atoms with Crippen LogP contribution in [0.3, 0.4) is 0 Å². The summed E-state index contributed by atoms with van der Waals surface area (Å²) in [5, 5.41) is 18.1. The molecule has 0 amide bonds. The average molecular weight is 254 g/mol. The van der Waals surface area contributed by atoms with Crippen molar-refractivity contribution in [3.63, 3.8) is 0 Å². The average Bonchev–Trinajstić information content (AvgIpc) is 1.99. The molecule has 0 aromatic heterocycles. The van der Waals surface area contributed by atoms with Crippen LogP contribution in [-0.4, -0.2) is 33.3 Å². The van der Waals surface area contributed by atoms with Crippen molar-refractivity contribution in [1.82, 2.24) is 0 Å². The van der Waals surface area contributed by atoms with Crippen molar-refractivity contribution in [2.24, 2.45) is 0 Å². The molecule has 0 aliphatic carbocycles. The molecule has 0 spiro atoms. The minimum atomic E-state index is -4.49. The summed E-state index contributed by atoms with van der Waals surface area (Å²) in [7, 11) is -4.49. The maximum Gasteiger partial charge on any atom is 0.586 e. The van der Waals surface area contributed by atoms with Crippen LogP contribution in [0, 0.1) is 0 Å². The highest BCUT2D eigenvalue weighted by Gasteiger charge is 2.31. The van der Waals surface area contributed by atoms with Crippen LogP contribution in [-0.2, 0) is 18.4 Å². The van der Waals surface area contributed by atoms with E-state index in [4.69, 9.17) is 10.00 Å². The highest BCUT2D eigenvalue weighted by Crippen LogP contribution is 2.44. The molecule has 0 heterocycles. The molecule has 0 radical (unpaired) electrons. The minimum absolute atomic E-state index is 0.0554. The number of phosphoric acid groups is 1. The molecule has 8 heteroatoms. The largest absolute Gasteiger partial charge is 0.586 e. The number of phosphoric ester groups is 1. The van der Waals surface area contributed by atoms with E-state index in [0.29, 0.717) is 6.26 Å². The Kier molecular flexibility index (Phi) is 5.67. The normalized spacial score (nSPS) is 18.0. The van der Waals surface area contributed by atoms with Gasteiger partial charge in [-0.2, -0.15) is 0 Å². The Balaban J connectivity index is 4.28. The quantitative estimate of drug-likeness (QED) is 0.442. The van der Waals surface area contributed by atoms with E-state index in [1.165, 1.54) is 6.92 Å². The molecular weight excluding hydrogens is 239 g/mol.